The van der Waals surface area contributed by atoms with Crippen LogP contribution in [0.4, 0.5) is 22.0 Å². The highest BCUT2D eigenvalue weighted by molar-refractivity contribution is 5.87. The van der Waals surface area contributed by atoms with E-state index in [4.69, 9.17) is 9.47 Å². The molecule has 0 radical (unpaired) electrons. The smallest absolute Gasteiger partial charge is 0.394 e. The zero-order chi connectivity index (χ0) is 20.1. The highest BCUT2D eigenvalue weighted by Gasteiger charge is 2.70. The quantitative estimate of drug-likeness (QED) is 0.295. The van der Waals surface area contributed by atoms with Crippen molar-refractivity contribution < 1.29 is 50.5 Å². The van der Waals surface area contributed by atoms with Gasteiger partial charge in [-0.3, -0.25) is 9.59 Å². The lowest BCUT2D eigenvalue weighted by molar-refractivity contribution is -0.206. The Balaban J connectivity index is 1.70. The molecule has 1 saturated heterocycles. The topological polar surface area (TPSA) is 78.9 Å². The summed E-state index contributed by atoms with van der Waals surface area (Å²) in [5.41, 5.74) is 0. The molecule has 27 heavy (non-hydrogen) atoms. The van der Waals surface area contributed by atoms with Crippen molar-refractivity contribution in [2.24, 2.45) is 23.7 Å². The molecule has 0 amide bonds. The van der Waals surface area contributed by atoms with Crippen LogP contribution >= 0.6 is 0 Å². The van der Waals surface area contributed by atoms with E-state index >= 15 is 0 Å². The fourth-order valence-electron chi connectivity index (χ4n) is 4.27. The van der Waals surface area contributed by atoms with E-state index in [2.05, 4.69) is 11.3 Å². The lowest BCUT2D eigenvalue weighted by Gasteiger charge is -2.30. The Bertz CT molecular complexity index is 675. The van der Waals surface area contributed by atoms with Gasteiger partial charge in [0, 0.05) is 17.9 Å². The number of ether oxygens (including phenoxy) is 3. The van der Waals surface area contributed by atoms with E-state index in [9.17, 15) is 36.3 Å². The summed E-state index contributed by atoms with van der Waals surface area (Å²) < 4.78 is 77.8. The maximum Gasteiger partial charge on any atom is 0.394 e. The number of hydrogen-bond acceptors (Lipinski definition) is 6. The Morgan fingerprint density at radius 1 is 1.22 bits per heavy atom. The minimum atomic E-state index is -5.13. The van der Waals surface area contributed by atoms with Crippen LogP contribution in [0.3, 0.4) is 0 Å². The van der Waals surface area contributed by atoms with Gasteiger partial charge in [-0.25, -0.2) is 13.6 Å². The lowest BCUT2D eigenvalue weighted by atomic mass is 9.78. The zero-order valence-corrected chi connectivity index (χ0v) is 13.7. The van der Waals surface area contributed by atoms with E-state index in [1.54, 1.807) is 0 Å². The van der Waals surface area contributed by atoms with Gasteiger partial charge in [-0.2, -0.15) is 13.2 Å². The van der Waals surface area contributed by atoms with Crippen molar-refractivity contribution in [3.63, 3.8) is 0 Å². The molecule has 0 aromatic rings. The molecule has 1 heterocycles. The molecule has 3 fully saturated rings. The third-order valence-electron chi connectivity index (χ3n) is 5.12. The first-order chi connectivity index (χ1) is 12.4. The van der Waals surface area contributed by atoms with Crippen molar-refractivity contribution in [3.05, 3.63) is 12.7 Å². The molecule has 2 saturated carbocycles. The summed E-state index contributed by atoms with van der Waals surface area (Å²) in [6.45, 7) is 1.47. The van der Waals surface area contributed by atoms with Gasteiger partial charge in [-0.05, 0) is 6.42 Å². The summed E-state index contributed by atoms with van der Waals surface area (Å²) in [6.07, 6.45) is -8.12. The van der Waals surface area contributed by atoms with Gasteiger partial charge >= 0.3 is 24.1 Å². The molecule has 6 nitrogen and oxygen atoms in total. The number of carbonyl (C=O) groups is 3. The number of hydrogen-bond donors (Lipinski definition) is 0. The summed E-state index contributed by atoms with van der Waals surface area (Å²) in [5, 5.41) is 0. The van der Waals surface area contributed by atoms with Crippen LogP contribution in [0.1, 0.15) is 12.8 Å². The lowest BCUT2D eigenvalue weighted by Crippen LogP contribution is -2.44. The van der Waals surface area contributed by atoms with Gasteiger partial charge in [0.1, 0.15) is 18.6 Å². The number of halogens is 5. The first-order valence-corrected chi connectivity index (χ1v) is 8.08. The number of esters is 3. The van der Waals surface area contributed by atoms with Gasteiger partial charge < -0.3 is 14.2 Å². The molecule has 0 spiro atoms. The molecule has 6 unspecified atom stereocenters. The number of rotatable bonds is 6. The molecule has 3 rings (SSSR count). The molecule has 0 aromatic heterocycles. The van der Waals surface area contributed by atoms with E-state index in [1.165, 1.54) is 0 Å². The first kappa shape index (κ1) is 19.6. The van der Waals surface area contributed by atoms with Crippen molar-refractivity contribution >= 4 is 17.9 Å². The van der Waals surface area contributed by atoms with Crippen molar-refractivity contribution in [1.29, 1.82) is 0 Å². The third kappa shape index (κ3) is 3.63. The highest BCUT2D eigenvalue weighted by Crippen LogP contribution is 2.59. The summed E-state index contributed by atoms with van der Waals surface area (Å²) in [6, 6.07) is 0. The van der Waals surface area contributed by atoms with Gasteiger partial charge in [0.05, 0.1) is 11.8 Å². The van der Waals surface area contributed by atoms with Crippen LogP contribution in [0.25, 0.3) is 0 Å². The van der Waals surface area contributed by atoms with Crippen LogP contribution in [0.2, 0.25) is 0 Å². The third-order valence-corrected chi connectivity index (χ3v) is 5.12. The molecule has 11 heteroatoms. The normalized spacial score (nSPS) is 34.3. The van der Waals surface area contributed by atoms with E-state index in [0.717, 1.165) is 6.08 Å². The van der Waals surface area contributed by atoms with Crippen LogP contribution in [-0.4, -0.2) is 48.8 Å². The van der Waals surface area contributed by atoms with Crippen LogP contribution < -0.4 is 0 Å². The van der Waals surface area contributed by atoms with Crippen LogP contribution in [-0.2, 0) is 28.6 Å². The van der Waals surface area contributed by atoms with E-state index in [-0.39, 0.29) is 6.42 Å². The minimum Gasteiger partial charge on any atom is -0.459 e. The van der Waals surface area contributed by atoms with Crippen molar-refractivity contribution in [2.45, 2.75) is 37.1 Å². The average Bonchev–Trinajstić information content (AvgIpc) is 3.13. The second-order valence-electron chi connectivity index (χ2n) is 6.88. The highest BCUT2D eigenvalue weighted by atomic mass is 19.4. The largest absolute Gasteiger partial charge is 0.459 e. The van der Waals surface area contributed by atoms with E-state index in [0.29, 0.717) is 0 Å². The summed E-state index contributed by atoms with van der Waals surface area (Å²) in [4.78, 5) is 35.8. The van der Waals surface area contributed by atoms with Crippen molar-refractivity contribution in [1.82, 2.24) is 0 Å². The number of fused-ring (bicyclic) bond motifs is 1. The van der Waals surface area contributed by atoms with Gasteiger partial charge in [0.2, 0.25) is 0 Å². The standard InChI is InChI=1S/C16H15F5O6/c1-2-8(22)26-11-6-3-7-10(14(24)27-12(7)11)9(6)13(23)25-5-15(17,18)4-16(19,20)21/h2,6-7,9-12H,1,3-5H2. The molecule has 0 N–H and O–H groups in total. The Labute approximate surface area is 149 Å². The second kappa shape index (κ2) is 6.45. The Morgan fingerprint density at radius 2 is 1.89 bits per heavy atom. The van der Waals surface area contributed by atoms with E-state index < -0.39 is 78.9 Å². The van der Waals surface area contributed by atoms with Crippen molar-refractivity contribution in [2.75, 3.05) is 6.61 Å². The predicted molar refractivity (Wildman–Crippen MR) is 75.1 cm³/mol. The van der Waals surface area contributed by atoms with Gasteiger partial charge in [0.25, 0.3) is 5.92 Å². The maximum absolute atomic E-state index is 13.3. The first-order valence-electron chi connectivity index (χ1n) is 8.08. The monoisotopic (exact) mass is 398 g/mol. The summed E-state index contributed by atoms with van der Waals surface area (Å²) >= 11 is 0. The number of alkyl halides is 5. The molecule has 1 aliphatic heterocycles. The van der Waals surface area contributed by atoms with Crippen molar-refractivity contribution in [3.8, 4) is 0 Å². The maximum atomic E-state index is 13.3. The van der Waals surface area contributed by atoms with Gasteiger partial charge in [0.15, 0.2) is 6.61 Å². The second-order valence-corrected chi connectivity index (χ2v) is 6.88. The fourth-order valence-corrected chi connectivity index (χ4v) is 4.27. The average molecular weight is 398 g/mol. The minimum absolute atomic E-state index is 0.273. The Morgan fingerprint density at radius 3 is 2.48 bits per heavy atom. The Hall–Kier alpha value is -2.20. The molecule has 2 bridgehead atoms. The molecule has 2 aliphatic carbocycles. The van der Waals surface area contributed by atoms with Gasteiger partial charge in [-0.1, -0.05) is 6.58 Å². The molecule has 6 atom stereocenters. The zero-order valence-electron chi connectivity index (χ0n) is 13.7. The SMILES string of the molecule is C=CC(=O)OC1C2CC3C1OC(=O)C3C2C(=O)OCC(F)(F)CC(F)(F)F. The number of carbonyl (C=O) groups excluding carboxylic acids is 3. The summed E-state index contributed by atoms with van der Waals surface area (Å²) in [7, 11) is 0. The van der Waals surface area contributed by atoms with Crippen LogP contribution in [0, 0.1) is 23.7 Å². The Kier molecular flexibility index (Phi) is 4.67. The summed E-state index contributed by atoms with van der Waals surface area (Å²) in [5.74, 6) is -10.4. The molecular weight excluding hydrogens is 383 g/mol. The fraction of sp³-hybridized carbons (Fsp3) is 0.688. The predicted octanol–water partition coefficient (Wildman–Crippen LogP) is 2.02. The van der Waals surface area contributed by atoms with E-state index in [1.807, 2.05) is 0 Å². The van der Waals surface area contributed by atoms with Gasteiger partial charge in [-0.15, -0.1) is 0 Å². The molecule has 150 valence electrons. The molecule has 3 aliphatic rings. The van der Waals surface area contributed by atoms with Crippen LogP contribution in [0.15, 0.2) is 12.7 Å². The molecule has 0 aromatic carbocycles. The molecular formula is C16H15F5O6. The van der Waals surface area contributed by atoms with Crippen LogP contribution in [0.5, 0.6) is 0 Å².